The number of nitrogens with zero attached hydrogens (tertiary/aromatic N) is 3. The number of carbonyl (C=O) groups excluding carboxylic acids is 7. The van der Waals surface area contributed by atoms with Crippen LogP contribution in [-0.2, 0) is 44.7 Å². The number of carbonyl (C=O) groups is 7. The summed E-state index contributed by atoms with van der Waals surface area (Å²) in [6.07, 6.45) is 8.47. The molecular weight excluding hydrogens is 692 g/mol. The second-order valence-electron chi connectivity index (χ2n) is 13.7. The van der Waals surface area contributed by atoms with Gasteiger partial charge in [0, 0.05) is 31.6 Å². The molecule has 6 atom stereocenters. The highest BCUT2D eigenvalue weighted by Gasteiger charge is 2.43. The molecular formula is C37H51ClN6O8. The molecule has 14 nitrogen and oxygen atoms in total. The Morgan fingerprint density at radius 2 is 1.69 bits per heavy atom. The molecule has 3 aliphatic heterocycles. The Balaban J connectivity index is 1.64. The van der Waals surface area contributed by atoms with E-state index in [0.29, 0.717) is 42.7 Å². The third-order valence-electron chi connectivity index (χ3n) is 9.88. The summed E-state index contributed by atoms with van der Waals surface area (Å²) in [5, 5.41) is 8.53. The van der Waals surface area contributed by atoms with Gasteiger partial charge in [-0.25, -0.2) is 4.79 Å². The summed E-state index contributed by atoms with van der Waals surface area (Å²) < 4.78 is 5.65. The van der Waals surface area contributed by atoms with Crippen LogP contribution >= 0.6 is 11.6 Å². The van der Waals surface area contributed by atoms with E-state index in [2.05, 4.69) is 22.9 Å². The summed E-state index contributed by atoms with van der Waals surface area (Å²) in [6.45, 7) is 5.01. The van der Waals surface area contributed by atoms with Crippen molar-refractivity contribution in [2.45, 2.75) is 115 Å². The molecule has 3 fully saturated rings. The monoisotopic (exact) mass is 742 g/mol. The molecule has 1 aromatic rings. The van der Waals surface area contributed by atoms with Gasteiger partial charge >= 0.3 is 5.97 Å². The molecule has 3 aliphatic rings. The largest absolute Gasteiger partial charge is 0.461 e. The van der Waals surface area contributed by atoms with Gasteiger partial charge in [-0.1, -0.05) is 49.6 Å². The number of halogens is 1. The van der Waals surface area contributed by atoms with Gasteiger partial charge in [0.2, 0.25) is 35.4 Å². The summed E-state index contributed by atoms with van der Waals surface area (Å²) in [7, 11) is 1.46. The van der Waals surface area contributed by atoms with Gasteiger partial charge in [0.05, 0.1) is 0 Å². The Hall–Kier alpha value is -4.46. The van der Waals surface area contributed by atoms with Gasteiger partial charge < -0.3 is 35.4 Å². The molecule has 52 heavy (non-hydrogen) atoms. The highest BCUT2D eigenvalue weighted by Crippen LogP contribution is 2.23. The number of unbranched alkanes of at least 4 members (excludes halogenated alkanes) is 3. The quantitative estimate of drug-likeness (QED) is 0.185. The van der Waals surface area contributed by atoms with Crippen LogP contribution in [0.1, 0.15) is 77.7 Å². The molecule has 6 amide bonds. The molecule has 0 unspecified atom stereocenters. The lowest BCUT2D eigenvalue weighted by atomic mass is 10.0. The summed E-state index contributed by atoms with van der Waals surface area (Å²) in [4.78, 5) is 98.9. The van der Waals surface area contributed by atoms with Gasteiger partial charge in [-0.05, 0) is 76.1 Å². The fourth-order valence-electron chi connectivity index (χ4n) is 6.75. The number of cyclic esters (lactones) is 1. The Bertz CT molecular complexity index is 1540. The molecule has 0 aromatic heterocycles. The number of allylic oxidation sites excluding steroid dienone is 1. The van der Waals surface area contributed by atoms with E-state index in [-0.39, 0.29) is 19.5 Å². The van der Waals surface area contributed by atoms with E-state index in [1.165, 1.54) is 41.7 Å². The molecule has 284 valence electrons. The van der Waals surface area contributed by atoms with E-state index in [9.17, 15) is 33.6 Å². The van der Waals surface area contributed by atoms with Crippen molar-refractivity contribution in [1.82, 2.24) is 30.7 Å². The number of likely N-dealkylation sites (N-methyl/N-ethyl adjacent to an activating group) is 1. The highest BCUT2D eigenvalue weighted by molar-refractivity contribution is 6.30. The Morgan fingerprint density at radius 1 is 1.00 bits per heavy atom. The molecule has 3 saturated heterocycles. The van der Waals surface area contributed by atoms with Crippen LogP contribution < -0.4 is 16.0 Å². The van der Waals surface area contributed by atoms with E-state index < -0.39 is 84.3 Å². The molecule has 1 aromatic carbocycles. The van der Waals surface area contributed by atoms with E-state index in [1.807, 2.05) is 0 Å². The standard InChI is InChI=1S/C37H51ClN6O8/c1-5-6-7-8-9-17-31(45)40-27(21-25-13-10-14-26(38)20-25)33(47)41-28-22-52-37(51)30-16-12-19-44(30)34(48)23(2)39-32(46)24(3)42(4)36(50)29-15-11-18-43(29)35(28)49/h9-10,13-14,17,20,23-24,27-30H,5-8,11-12,15-16,18-19,21-22H2,1-4H3,(H,39,46)(H,40,45)(H,41,47)/b17-9+/t23-,24-,27-,28-,29-,30-/m0/s1. The molecule has 0 bridgehead atoms. The molecule has 0 aliphatic carbocycles. The van der Waals surface area contributed by atoms with Gasteiger partial charge in [0.15, 0.2) is 0 Å². The maximum absolute atomic E-state index is 14.2. The Morgan fingerprint density at radius 3 is 2.38 bits per heavy atom. The van der Waals surface area contributed by atoms with E-state index in [1.54, 1.807) is 30.3 Å². The van der Waals surface area contributed by atoms with Crippen molar-refractivity contribution < 1.29 is 38.3 Å². The molecule has 0 saturated carbocycles. The predicted octanol–water partition coefficient (Wildman–Crippen LogP) is 1.88. The highest BCUT2D eigenvalue weighted by atomic mass is 35.5. The lowest BCUT2D eigenvalue weighted by Gasteiger charge is -2.34. The van der Waals surface area contributed by atoms with Gasteiger partial charge in [0.25, 0.3) is 0 Å². The average Bonchev–Trinajstić information content (AvgIpc) is 3.82. The lowest BCUT2D eigenvalue weighted by molar-refractivity contribution is -0.158. The lowest BCUT2D eigenvalue weighted by Crippen LogP contribution is -2.60. The zero-order valence-electron chi connectivity index (χ0n) is 30.4. The maximum atomic E-state index is 14.2. The summed E-state index contributed by atoms with van der Waals surface area (Å²) in [6, 6.07) is 0.393. The zero-order chi connectivity index (χ0) is 37.9. The van der Waals surface area contributed by atoms with Crippen molar-refractivity contribution in [1.29, 1.82) is 0 Å². The number of esters is 1. The van der Waals surface area contributed by atoms with Crippen molar-refractivity contribution in [2.75, 3.05) is 26.7 Å². The topological polar surface area (TPSA) is 175 Å². The fraction of sp³-hybridized carbons (Fsp3) is 0.595. The van der Waals surface area contributed by atoms with Crippen LogP contribution in [0.15, 0.2) is 36.4 Å². The normalized spacial score (nSPS) is 25.4. The predicted molar refractivity (Wildman–Crippen MR) is 193 cm³/mol. The molecule has 3 N–H and O–H groups in total. The SMILES string of the molecule is CCCCC/C=C/C(=O)N[C@@H](Cc1cccc(Cl)c1)C(=O)N[C@H]1COC(=O)[C@@H]2CCCN2C(=O)[C@H](C)NC(=O)[C@H](C)N(C)C(=O)[C@@H]2CCCN2C1=O. The first-order valence-corrected chi connectivity index (χ1v) is 18.6. The number of nitrogens with one attached hydrogen (secondary N) is 3. The van der Waals surface area contributed by atoms with E-state index in [4.69, 9.17) is 16.3 Å². The summed E-state index contributed by atoms with van der Waals surface area (Å²) >= 11 is 6.21. The van der Waals surface area contributed by atoms with Crippen LogP contribution in [0.25, 0.3) is 0 Å². The molecule has 3 heterocycles. The number of benzene rings is 1. The first kappa shape index (κ1) is 40.3. The minimum atomic E-state index is -1.43. The maximum Gasteiger partial charge on any atom is 0.328 e. The van der Waals surface area contributed by atoms with E-state index >= 15 is 0 Å². The summed E-state index contributed by atoms with van der Waals surface area (Å²) in [5.74, 6) is -4.17. The van der Waals surface area contributed by atoms with Crippen molar-refractivity contribution in [3.63, 3.8) is 0 Å². The summed E-state index contributed by atoms with van der Waals surface area (Å²) in [5.41, 5.74) is 0.655. The molecule has 0 radical (unpaired) electrons. The fourth-order valence-corrected chi connectivity index (χ4v) is 6.96. The number of hydrogen-bond acceptors (Lipinski definition) is 8. The van der Waals surface area contributed by atoms with Crippen molar-refractivity contribution in [3.8, 4) is 0 Å². The molecule has 4 rings (SSSR count). The second kappa shape index (κ2) is 18.9. The minimum Gasteiger partial charge on any atom is -0.461 e. The van der Waals surface area contributed by atoms with Crippen LogP contribution in [0.2, 0.25) is 5.02 Å². The van der Waals surface area contributed by atoms with Crippen LogP contribution in [-0.4, -0.2) is 119 Å². The third-order valence-corrected chi connectivity index (χ3v) is 10.1. The van der Waals surface area contributed by atoms with Crippen LogP contribution in [0, 0.1) is 0 Å². The van der Waals surface area contributed by atoms with Crippen molar-refractivity contribution in [2.24, 2.45) is 0 Å². The number of fused-ring (bicyclic) bond motifs is 2. The number of rotatable bonds is 10. The smallest absolute Gasteiger partial charge is 0.328 e. The number of amides is 6. The number of hydrogen-bond donors (Lipinski definition) is 3. The van der Waals surface area contributed by atoms with Gasteiger partial charge in [0.1, 0.15) is 42.9 Å². The van der Waals surface area contributed by atoms with Gasteiger partial charge in [-0.15, -0.1) is 0 Å². The molecule has 0 spiro atoms. The van der Waals surface area contributed by atoms with Crippen LogP contribution in [0.5, 0.6) is 0 Å². The average molecular weight is 743 g/mol. The van der Waals surface area contributed by atoms with E-state index in [0.717, 1.165) is 19.3 Å². The first-order chi connectivity index (χ1) is 24.8. The Labute approximate surface area is 310 Å². The minimum absolute atomic E-state index is 0.0371. The van der Waals surface area contributed by atoms with Crippen molar-refractivity contribution >= 4 is 53.0 Å². The van der Waals surface area contributed by atoms with Crippen LogP contribution in [0.3, 0.4) is 0 Å². The third kappa shape index (κ3) is 10.3. The number of ether oxygens (including phenoxy) is 1. The second-order valence-corrected chi connectivity index (χ2v) is 14.2. The van der Waals surface area contributed by atoms with Crippen molar-refractivity contribution in [3.05, 3.63) is 47.0 Å². The Kier molecular flexibility index (Phi) is 14.6. The van der Waals surface area contributed by atoms with Crippen LogP contribution in [0.4, 0.5) is 0 Å². The molecule has 15 heteroatoms. The zero-order valence-corrected chi connectivity index (χ0v) is 31.2. The van der Waals surface area contributed by atoms with Gasteiger partial charge in [-0.2, -0.15) is 0 Å². The van der Waals surface area contributed by atoms with Gasteiger partial charge in [-0.3, -0.25) is 28.8 Å². The first-order valence-electron chi connectivity index (χ1n) is 18.2.